The molecule has 0 saturated heterocycles. The van der Waals surface area contributed by atoms with Crippen LogP contribution in [0.2, 0.25) is 0 Å². The molecule has 23 heavy (non-hydrogen) atoms. The molecule has 0 aliphatic heterocycles. The molecule has 3 rings (SSSR count). The van der Waals surface area contributed by atoms with Crippen LogP contribution in [0.5, 0.6) is 0 Å². The van der Waals surface area contributed by atoms with Gasteiger partial charge in [-0.25, -0.2) is 0 Å². The largest absolute Gasteiger partial charge is 0.350 e. The van der Waals surface area contributed by atoms with Gasteiger partial charge < -0.3 is 16.4 Å². The van der Waals surface area contributed by atoms with Crippen LogP contribution in [0.3, 0.4) is 0 Å². The number of anilines is 1. The van der Waals surface area contributed by atoms with Crippen molar-refractivity contribution in [2.45, 2.75) is 18.9 Å². The molecule has 1 aliphatic carbocycles. The number of amides is 2. The zero-order valence-corrected chi connectivity index (χ0v) is 13.4. The molecular formula is C17H19N3O2S. The van der Waals surface area contributed by atoms with Crippen molar-refractivity contribution in [3.05, 3.63) is 52.2 Å². The first-order valence-corrected chi connectivity index (χ1v) is 8.51. The fourth-order valence-corrected chi connectivity index (χ4v) is 3.00. The van der Waals surface area contributed by atoms with E-state index in [2.05, 4.69) is 10.6 Å². The van der Waals surface area contributed by atoms with Crippen molar-refractivity contribution >= 4 is 28.8 Å². The lowest BCUT2D eigenvalue weighted by molar-refractivity contribution is 0.0951. The number of para-hydroxylation sites is 1. The predicted octanol–water partition coefficient (Wildman–Crippen LogP) is 2.47. The molecule has 1 heterocycles. The molecule has 0 radical (unpaired) electrons. The second-order valence-corrected chi connectivity index (χ2v) is 6.64. The van der Waals surface area contributed by atoms with Crippen LogP contribution in [0.4, 0.5) is 5.69 Å². The van der Waals surface area contributed by atoms with Crippen LogP contribution in [-0.2, 0) is 0 Å². The van der Waals surface area contributed by atoms with E-state index in [0.717, 1.165) is 12.8 Å². The lowest BCUT2D eigenvalue weighted by atomic mass is 10.1. The predicted molar refractivity (Wildman–Crippen MR) is 91.7 cm³/mol. The number of hydrogen-bond donors (Lipinski definition) is 3. The summed E-state index contributed by atoms with van der Waals surface area (Å²) in [5, 5.41) is 7.49. The lowest BCUT2D eigenvalue weighted by Gasteiger charge is -2.14. The van der Waals surface area contributed by atoms with Crippen molar-refractivity contribution in [2.24, 2.45) is 11.7 Å². The third-order valence-corrected chi connectivity index (χ3v) is 4.76. The number of carbonyl (C=O) groups excluding carboxylic acids is 2. The van der Waals surface area contributed by atoms with Crippen molar-refractivity contribution in [2.75, 3.05) is 11.9 Å². The molecule has 0 bridgehead atoms. The van der Waals surface area contributed by atoms with E-state index in [1.54, 1.807) is 30.3 Å². The van der Waals surface area contributed by atoms with E-state index in [4.69, 9.17) is 5.73 Å². The summed E-state index contributed by atoms with van der Waals surface area (Å²) < 4.78 is 0. The first-order valence-electron chi connectivity index (χ1n) is 7.63. The second kappa shape index (κ2) is 6.93. The molecular weight excluding hydrogens is 310 g/mol. The van der Waals surface area contributed by atoms with Gasteiger partial charge in [-0.15, -0.1) is 11.3 Å². The SMILES string of the molecule is NC(CNC(=O)c1ccccc1NC(=O)c1cccs1)C1CC1. The van der Waals surface area contributed by atoms with Crippen LogP contribution in [0.15, 0.2) is 41.8 Å². The molecule has 1 aromatic heterocycles. The van der Waals surface area contributed by atoms with Gasteiger partial charge in [0.15, 0.2) is 0 Å². The third-order valence-electron chi connectivity index (χ3n) is 3.89. The summed E-state index contributed by atoms with van der Waals surface area (Å²) >= 11 is 1.36. The summed E-state index contributed by atoms with van der Waals surface area (Å²) in [4.78, 5) is 25.1. The summed E-state index contributed by atoms with van der Waals surface area (Å²) in [6, 6.07) is 10.6. The Morgan fingerprint density at radius 2 is 1.96 bits per heavy atom. The smallest absolute Gasteiger partial charge is 0.265 e. The maximum atomic E-state index is 12.4. The Hall–Kier alpha value is -2.18. The normalized spacial score (nSPS) is 15.0. The minimum Gasteiger partial charge on any atom is -0.350 e. The average molecular weight is 329 g/mol. The minimum atomic E-state index is -0.219. The van der Waals surface area contributed by atoms with Gasteiger partial charge in [-0.05, 0) is 42.3 Å². The van der Waals surface area contributed by atoms with Crippen molar-refractivity contribution in [3.8, 4) is 0 Å². The molecule has 1 fully saturated rings. The Kier molecular flexibility index (Phi) is 4.73. The van der Waals surface area contributed by atoms with Gasteiger partial charge in [0.2, 0.25) is 0 Å². The van der Waals surface area contributed by atoms with Gasteiger partial charge in [0.25, 0.3) is 11.8 Å². The van der Waals surface area contributed by atoms with Crippen molar-refractivity contribution in [1.29, 1.82) is 0 Å². The van der Waals surface area contributed by atoms with E-state index in [1.807, 2.05) is 11.4 Å². The molecule has 2 aromatic rings. The first kappa shape index (κ1) is 15.7. The van der Waals surface area contributed by atoms with Gasteiger partial charge in [-0.1, -0.05) is 18.2 Å². The van der Waals surface area contributed by atoms with Crippen LogP contribution < -0.4 is 16.4 Å². The number of hydrogen-bond acceptors (Lipinski definition) is 4. The minimum absolute atomic E-state index is 0.00632. The highest BCUT2D eigenvalue weighted by molar-refractivity contribution is 7.12. The van der Waals surface area contributed by atoms with Crippen molar-refractivity contribution in [3.63, 3.8) is 0 Å². The number of nitrogens with one attached hydrogen (secondary N) is 2. The Morgan fingerprint density at radius 3 is 2.65 bits per heavy atom. The van der Waals surface area contributed by atoms with Crippen LogP contribution in [0.25, 0.3) is 0 Å². The number of nitrogens with two attached hydrogens (primary N) is 1. The highest BCUT2D eigenvalue weighted by Crippen LogP contribution is 2.31. The van der Waals surface area contributed by atoms with Crippen LogP contribution >= 0.6 is 11.3 Å². The molecule has 1 unspecified atom stereocenters. The van der Waals surface area contributed by atoms with E-state index in [-0.39, 0.29) is 17.9 Å². The zero-order valence-electron chi connectivity index (χ0n) is 12.6. The standard InChI is InChI=1S/C17H19N3O2S/c18-13(11-7-8-11)10-19-16(21)12-4-1-2-5-14(12)20-17(22)15-6-3-9-23-15/h1-6,9,11,13H,7-8,10,18H2,(H,19,21)(H,20,22). The fourth-order valence-electron chi connectivity index (χ4n) is 2.38. The molecule has 6 heteroatoms. The molecule has 4 N–H and O–H groups in total. The van der Waals surface area contributed by atoms with Gasteiger partial charge in [0, 0.05) is 12.6 Å². The summed E-state index contributed by atoms with van der Waals surface area (Å²) in [6.45, 7) is 0.455. The van der Waals surface area contributed by atoms with Gasteiger partial charge in [-0.2, -0.15) is 0 Å². The molecule has 1 aliphatic rings. The van der Waals surface area contributed by atoms with Gasteiger partial charge in [0.05, 0.1) is 16.1 Å². The second-order valence-electron chi connectivity index (χ2n) is 5.69. The van der Waals surface area contributed by atoms with E-state index in [0.29, 0.717) is 28.6 Å². The van der Waals surface area contributed by atoms with Crippen LogP contribution in [0.1, 0.15) is 32.9 Å². The highest BCUT2D eigenvalue weighted by Gasteiger charge is 2.28. The van der Waals surface area contributed by atoms with E-state index < -0.39 is 0 Å². The number of carbonyl (C=O) groups is 2. The molecule has 2 amide bonds. The Bertz CT molecular complexity index is 696. The molecule has 0 spiro atoms. The quantitative estimate of drug-likeness (QED) is 0.761. The molecule has 5 nitrogen and oxygen atoms in total. The summed E-state index contributed by atoms with van der Waals surface area (Å²) in [5.41, 5.74) is 6.95. The van der Waals surface area contributed by atoms with E-state index >= 15 is 0 Å². The Labute approximate surface area is 138 Å². The summed E-state index contributed by atoms with van der Waals surface area (Å²) in [7, 11) is 0. The molecule has 120 valence electrons. The maximum Gasteiger partial charge on any atom is 0.265 e. The molecule has 1 atom stereocenters. The third kappa shape index (κ3) is 3.97. The van der Waals surface area contributed by atoms with Gasteiger partial charge in [-0.3, -0.25) is 9.59 Å². The summed E-state index contributed by atoms with van der Waals surface area (Å²) in [5.74, 6) is 0.0992. The molecule has 1 saturated carbocycles. The Balaban J connectivity index is 1.67. The van der Waals surface area contributed by atoms with Crippen molar-refractivity contribution in [1.82, 2.24) is 5.32 Å². The number of benzene rings is 1. The van der Waals surface area contributed by atoms with Gasteiger partial charge in [0.1, 0.15) is 0 Å². The zero-order chi connectivity index (χ0) is 16.2. The number of rotatable bonds is 6. The number of thiophene rings is 1. The topological polar surface area (TPSA) is 84.2 Å². The van der Waals surface area contributed by atoms with Crippen LogP contribution in [-0.4, -0.2) is 24.4 Å². The lowest BCUT2D eigenvalue weighted by Crippen LogP contribution is -2.38. The molecule has 1 aromatic carbocycles. The average Bonchev–Trinajstić information content (AvgIpc) is 3.27. The highest BCUT2D eigenvalue weighted by atomic mass is 32.1. The van der Waals surface area contributed by atoms with E-state index in [1.165, 1.54) is 11.3 Å². The fraction of sp³-hybridized carbons (Fsp3) is 0.294. The summed E-state index contributed by atoms with van der Waals surface area (Å²) in [6.07, 6.45) is 2.29. The monoisotopic (exact) mass is 329 g/mol. The first-order chi connectivity index (χ1) is 11.1. The van der Waals surface area contributed by atoms with E-state index in [9.17, 15) is 9.59 Å². The van der Waals surface area contributed by atoms with Crippen molar-refractivity contribution < 1.29 is 9.59 Å². The van der Waals surface area contributed by atoms with Gasteiger partial charge >= 0.3 is 0 Å². The maximum absolute atomic E-state index is 12.4. The Morgan fingerprint density at radius 1 is 1.17 bits per heavy atom. The van der Waals surface area contributed by atoms with Crippen LogP contribution in [0, 0.1) is 5.92 Å².